The molecule has 0 bridgehead atoms. The van der Waals surface area contributed by atoms with Gasteiger partial charge in [-0.25, -0.2) is 0 Å². The zero-order valence-corrected chi connectivity index (χ0v) is 8.96. The molecule has 2 rings (SSSR count). The van der Waals surface area contributed by atoms with E-state index in [1.165, 1.54) is 6.07 Å². The molecule has 0 amide bonds. The zero-order chi connectivity index (χ0) is 11.6. The van der Waals surface area contributed by atoms with E-state index in [-0.39, 0.29) is 11.3 Å². The molecule has 4 heteroatoms. The zero-order valence-electron chi connectivity index (χ0n) is 8.96. The van der Waals surface area contributed by atoms with E-state index in [9.17, 15) is 8.78 Å². The second-order valence-electron chi connectivity index (χ2n) is 4.27. The second-order valence-corrected chi connectivity index (χ2v) is 4.27. The number of halogens is 2. The first kappa shape index (κ1) is 11.3. The van der Waals surface area contributed by atoms with Gasteiger partial charge >= 0.3 is 6.61 Å². The highest BCUT2D eigenvalue weighted by molar-refractivity contribution is 5.33. The van der Waals surface area contributed by atoms with Crippen molar-refractivity contribution in [2.75, 3.05) is 0 Å². The van der Waals surface area contributed by atoms with Gasteiger partial charge in [0.15, 0.2) is 0 Å². The van der Waals surface area contributed by atoms with Crippen LogP contribution < -0.4 is 10.5 Å². The maximum atomic E-state index is 12.1. The van der Waals surface area contributed by atoms with Crippen LogP contribution in [0.25, 0.3) is 0 Å². The van der Waals surface area contributed by atoms with Crippen molar-refractivity contribution in [2.45, 2.75) is 37.8 Å². The average molecular weight is 227 g/mol. The molecular formula is C12H15F2NO. The van der Waals surface area contributed by atoms with E-state index >= 15 is 0 Å². The molecule has 0 spiro atoms. The van der Waals surface area contributed by atoms with Crippen LogP contribution in [-0.2, 0) is 5.54 Å². The third kappa shape index (κ3) is 2.32. The van der Waals surface area contributed by atoms with Crippen molar-refractivity contribution in [3.63, 3.8) is 0 Å². The molecule has 2 N–H and O–H groups in total. The first-order valence-electron chi connectivity index (χ1n) is 5.44. The largest absolute Gasteiger partial charge is 0.435 e. The van der Waals surface area contributed by atoms with E-state index in [2.05, 4.69) is 4.74 Å². The Morgan fingerprint density at radius 2 is 1.94 bits per heavy atom. The SMILES string of the molecule is NC1(c2cccc(OC(F)F)c2)CCCC1. The first-order valence-corrected chi connectivity index (χ1v) is 5.44. The summed E-state index contributed by atoms with van der Waals surface area (Å²) in [5.74, 6) is 0.184. The molecule has 0 aromatic heterocycles. The molecule has 0 saturated heterocycles. The number of ether oxygens (including phenoxy) is 1. The van der Waals surface area contributed by atoms with Crippen molar-refractivity contribution < 1.29 is 13.5 Å². The molecule has 2 nitrogen and oxygen atoms in total. The third-order valence-corrected chi connectivity index (χ3v) is 3.13. The summed E-state index contributed by atoms with van der Waals surface area (Å²) in [5, 5.41) is 0. The van der Waals surface area contributed by atoms with Crippen LogP contribution >= 0.6 is 0 Å². The summed E-state index contributed by atoms with van der Waals surface area (Å²) in [6, 6.07) is 6.73. The molecule has 88 valence electrons. The third-order valence-electron chi connectivity index (χ3n) is 3.13. The van der Waals surface area contributed by atoms with Crippen molar-refractivity contribution in [2.24, 2.45) is 5.73 Å². The number of hydrogen-bond donors (Lipinski definition) is 1. The summed E-state index contributed by atoms with van der Waals surface area (Å²) in [7, 11) is 0. The van der Waals surface area contributed by atoms with E-state index < -0.39 is 6.61 Å². The lowest BCUT2D eigenvalue weighted by molar-refractivity contribution is -0.0499. The van der Waals surface area contributed by atoms with Gasteiger partial charge in [-0.3, -0.25) is 0 Å². The van der Waals surface area contributed by atoms with Gasteiger partial charge in [-0.15, -0.1) is 0 Å². The maximum Gasteiger partial charge on any atom is 0.387 e. The Hall–Kier alpha value is -1.16. The van der Waals surface area contributed by atoms with E-state index in [0.29, 0.717) is 0 Å². The molecule has 0 radical (unpaired) electrons. The highest BCUT2D eigenvalue weighted by atomic mass is 19.3. The number of alkyl halides is 2. The lowest BCUT2D eigenvalue weighted by atomic mass is 9.89. The smallest absolute Gasteiger partial charge is 0.387 e. The minimum atomic E-state index is -2.78. The standard InChI is InChI=1S/C12H15F2NO/c13-11(14)16-10-5-3-4-9(8-10)12(15)6-1-2-7-12/h3-5,8,11H,1-2,6-7,15H2. The van der Waals surface area contributed by atoms with Crippen LogP contribution in [0.5, 0.6) is 5.75 Å². The fraction of sp³-hybridized carbons (Fsp3) is 0.500. The van der Waals surface area contributed by atoms with Crippen LogP contribution in [0.3, 0.4) is 0 Å². The molecule has 0 unspecified atom stereocenters. The van der Waals surface area contributed by atoms with Gasteiger partial charge in [0.1, 0.15) is 5.75 Å². The highest BCUT2D eigenvalue weighted by Crippen LogP contribution is 2.37. The lowest BCUT2D eigenvalue weighted by Crippen LogP contribution is -2.32. The molecule has 16 heavy (non-hydrogen) atoms. The fourth-order valence-corrected chi connectivity index (χ4v) is 2.28. The minimum absolute atomic E-state index is 0.184. The minimum Gasteiger partial charge on any atom is -0.435 e. The van der Waals surface area contributed by atoms with Crippen LogP contribution in [0, 0.1) is 0 Å². The van der Waals surface area contributed by atoms with E-state index in [1.807, 2.05) is 6.07 Å². The van der Waals surface area contributed by atoms with Crippen LogP contribution in [0.1, 0.15) is 31.2 Å². The Labute approximate surface area is 93.4 Å². The van der Waals surface area contributed by atoms with E-state index in [1.54, 1.807) is 12.1 Å². The molecule has 1 saturated carbocycles. The monoisotopic (exact) mass is 227 g/mol. The first-order chi connectivity index (χ1) is 7.60. The van der Waals surface area contributed by atoms with Gasteiger partial charge < -0.3 is 10.5 Å². The van der Waals surface area contributed by atoms with Crippen LogP contribution in [0.2, 0.25) is 0 Å². The van der Waals surface area contributed by atoms with Gasteiger partial charge in [-0.05, 0) is 30.5 Å². The Bertz CT molecular complexity index is 362. The summed E-state index contributed by atoms with van der Waals surface area (Å²) in [5.41, 5.74) is 6.77. The van der Waals surface area contributed by atoms with Crippen molar-refractivity contribution >= 4 is 0 Å². The van der Waals surface area contributed by atoms with E-state index in [4.69, 9.17) is 5.73 Å². The average Bonchev–Trinajstić information content (AvgIpc) is 2.66. The van der Waals surface area contributed by atoms with Crippen molar-refractivity contribution in [1.82, 2.24) is 0 Å². The van der Waals surface area contributed by atoms with Gasteiger partial charge in [-0.2, -0.15) is 8.78 Å². The fourth-order valence-electron chi connectivity index (χ4n) is 2.28. The van der Waals surface area contributed by atoms with Gasteiger partial charge in [-0.1, -0.05) is 25.0 Å². The van der Waals surface area contributed by atoms with Gasteiger partial charge in [0, 0.05) is 5.54 Å². The molecule has 0 aliphatic heterocycles. The Balaban J connectivity index is 2.21. The van der Waals surface area contributed by atoms with Crippen molar-refractivity contribution in [3.8, 4) is 5.75 Å². The number of nitrogens with two attached hydrogens (primary N) is 1. The highest BCUT2D eigenvalue weighted by Gasteiger charge is 2.31. The summed E-state index contributed by atoms with van der Waals surface area (Å²) in [6.07, 6.45) is 4.00. The molecule has 1 fully saturated rings. The Morgan fingerprint density at radius 3 is 2.56 bits per heavy atom. The normalized spacial score (nSPS) is 19.0. The lowest BCUT2D eigenvalue weighted by Gasteiger charge is -2.24. The maximum absolute atomic E-state index is 12.1. The summed E-state index contributed by atoms with van der Waals surface area (Å²) in [4.78, 5) is 0. The van der Waals surface area contributed by atoms with Crippen molar-refractivity contribution in [3.05, 3.63) is 29.8 Å². The Kier molecular flexibility index (Phi) is 3.10. The molecular weight excluding hydrogens is 212 g/mol. The summed E-state index contributed by atoms with van der Waals surface area (Å²) >= 11 is 0. The molecule has 1 aromatic carbocycles. The van der Waals surface area contributed by atoms with E-state index in [0.717, 1.165) is 31.2 Å². The van der Waals surface area contributed by atoms with Crippen LogP contribution in [-0.4, -0.2) is 6.61 Å². The molecule has 1 aliphatic rings. The predicted molar refractivity (Wildman–Crippen MR) is 57.4 cm³/mol. The Morgan fingerprint density at radius 1 is 1.25 bits per heavy atom. The predicted octanol–water partition coefficient (Wildman–Crippen LogP) is 3.02. The summed E-state index contributed by atoms with van der Waals surface area (Å²) < 4.78 is 28.5. The van der Waals surface area contributed by atoms with Gasteiger partial charge in [0.2, 0.25) is 0 Å². The molecule has 0 atom stereocenters. The number of rotatable bonds is 3. The van der Waals surface area contributed by atoms with Crippen LogP contribution in [0.4, 0.5) is 8.78 Å². The quantitative estimate of drug-likeness (QED) is 0.861. The topological polar surface area (TPSA) is 35.2 Å². The van der Waals surface area contributed by atoms with Gasteiger partial charge in [0.05, 0.1) is 0 Å². The number of benzene rings is 1. The second kappa shape index (κ2) is 4.37. The van der Waals surface area contributed by atoms with Crippen molar-refractivity contribution in [1.29, 1.82) is 0 Å². The van der Waals surface area contributed by atoms with Gasteiger partial charge in [0.25, 0.3) is 0 Å². The molecule has 1 aromatic rings. The number of hydrogen-bond acceptors (Lipinski definition) is 2. The molecule has 1 aliphatic carbocycles. The summed E-state index contributed by atoms with van der Waals surface area (Å²) in [6.45, 7) is -2.78. The molecule has 0 heterocycles. The van der Waals surface area contributed by atoms with Crippen LogP contribution in [0.15, 0.2) is 24.3 Å².